The van der Waals surface area contributed by atoms with E-state index in [0.29, 0.717) is 6.54 Å². The molecule has 0 atom stereocenters. The second-order valence-corrected chi connectivity index (χ2v) is 6.86. The van der Waals surface area contributed by atoms with Crippen molar-refractivity contribution < 1.29 is 27.9 Å². The first-order valence-corrected chi connectivity index (χ1v) is 9.75. The number of carboxylic acid groups (broad SMARTS) is 1. The molecule has 0 bridgehead atoms. The molecule has 1 aliphatic heterocycles. The Hall–Kier alpha value is -4.21. The number of allylic oxidation sites excluding steroid dienone is 2. The molecule has 0 aromatic carbocycles. The number of halogens is 3. The Bertz CT molecular complexity index is 1190. The molecule has 4 heterocycles. The smallest absolute Gasteiger partial charge is 0.475 e. The first-order chi connectivity index (χ1) is 15.7. The van der Waals surface area contributed by atoms with Crippen LogP contribution in [0.3, 0.4) is 0 Å². The van der Waals surface area contributed by atoms with Crippen LogP contribution >= 0.6 is 0 Å². The van der Waals surface area contributed by atoms with Crippen LogP contribution in [0.4, 0.5) is 13.2 Å². The molecule has 3 aromatic rings. The number of carbonyl (C=O) groups is 2. The number of aliphatic carboxylic acids is 1. The number of carboxylic acids is 1. The predicted molar refractivity (Wildman–Crippen MR) is 116 cm³/mol. The highest BCUT2D eigenvalue weighted by Crippen LogP contribution is 2.24. The molecule has 0 radical (unpaired) electrons. The molecule has 10 heteroatoms. The van der Waals surface area contributed by atoms with Gasteiger partial charge in [0.05, 0.1) is 11.3 Å². The number of carbonyl (C=O) groups excluding carboxylic acids is 1. The summed E-state index contributed by atoms with van der Waals surface area (Å²) in [7, 11) is 0. The quantitative estimate of drug-likeness (QED) is 0.512. The fourth-order valence-electron chi connectivity index (χ4n) is 2.95. The molecule has 7 nitrogen and oxygen atoms in total. The molecule has 1 aliphatic rings. The lowest BCUT2D eigenvalue weighted by atomic mass is 10.1. The lowest BCUT2D eigenvalue weighted by Gasteiger charge is -2.10. The summed E-state index contributed by atoms with van der Waals surface area (Å²) in [5, 5.41) is 9.99. The highest BCUT2D eigenvalue weighted by atomic mass is 19.4. The Morgan fingerprint density at radius 3 is 2.55 bits per heavy atom. The molecular formula is C23H19F3N4O3. The van der Waals surface area contributed by atoms with Crippen LogP contribution in [0.5, 0.6) is 0 Å². The topological polar surface area (TPSA) is 108 Å². The van der Waals surface area contributed by atoms with E-state index in [9.17, 15) is 18.0 Å². The maximum absolute atomic E-state index is 11.9. The Kier molecular flexibility index (Phi) is 7.39. The van der Waals surface area contributed by atoms with E-state index in [1.807, 2.05) is 60.8 Å². The normalized spacial score (nSPS) is 13.4. The summed E-state index contributed by atoms with van der Waals surface area (Å²) >= 11 is 0. The number of hydrogen-bond donors (Lipinski definition) is 3. The molecular weight excluding hydrogens is 437 g/mol. The van der Waals surface area contributed by atoms with Crippen molar-refractivity contribution in [3.63, 3.8) is 0 Å². The molecule has 170 valence electrons. The minimum Gasteiger partial charge on any atom is -0.475 e. The van der Waals surface area contributed by atoms with Crippen LogP contribution in [0, 0.1) is 0 Å². The van der Waals surface area contributed by atoms with Crippen molar-refractivity contribution in [3.8, 4) is 11.3 Å². The molecule has 0 aliphatic carbocycles. The van der Waals surface area contributed by atoms with E-state index in [0.717, 1.165) is 40.2 Å². The average Bonchev–Trinajstić information content (AvgIpc) is 3.23. The van der Waals surface area contributed by atoms with Gasteiger partial charge in [-0.15, -0.1) is 0 Å². The van der Waals surface area contributed by atoms with E-state index >= 15 is 0 Å². The van der Waals surface area contributed by atoms with E-state index < -0.39 is 12.1 Å². The molecule has 0 saturated carbocycles. The number of fused-ring (bicyclic) bond motifs is 1. The zero-order valence-electron chi connectivity index (χ0n) is 17.1. The molecule has 33 heavy (non-hydrogen) atoms. The second kappa shape index (κ2) is 10.4. The van der Waals surface area contributed by atoms with Crippen LogP contribution in [0.2, 0.25) is 0 Å². The van der Waals surface area contributed by atoms with Crippen molar-refractivity contribution in [3.05, 3.63) is 83.6 Å². The predicted octanol–water partition coefficient (Wildman–Crippen LogP) is 4.12. The van der Waals surface area contributed by atoms with Crippen molar-refractivity contribution in [2.24, 2.45) is 0 Å². The molecule has 0 unspecified atom stereocenters. The fraction of sp³-hybridized carbons (Fsp3) is 0.130. The highest BCUT2D eigenvalue weighted by Gasteiger charge is 2.38. The number of amides is 1. The van der Waals surface area contributed by atoms with E-state index in [1.165, 1.54) is 0 Å². The molecule has 0 spiro atoms. The van der Waals surface area contributed by atoms with Gasteiger partial charge in [-0.1, -0.05) is 24.3 Å². The molecule has 3 aromatic heterocycles. The van der Waals surface area contributed by atoms with Gasteiger partial charge in [0.15, 0.2) is 0 Å². The van der Waals surface area contributed by atoms with Gasteiger partial charge in [-0.3, -0.25) is 14.8 Å². The van der Waals surface area contributed by atoms with Gasteiger partial charge in [0, 0.05) is 48.5 Å². The van der Waals surface area contributed by atoms with E-state index in [2.05, 4.69) is 20.3 Å². The minimum absolute atomic E-state index is 0.0107. The Balaban J connectivity index is 0.000000383. The standard InChI is InChI=1S/C21H18N4O.C2HF3O2/c26-21-18-13-20(25-19(18)8-11-24-21)16-7-10-23-17(12-16)6-2-1-4-15-5-3-9-22-14-15;3-2(4,5)1(6)7/h1-7,9-10,12-14,25H,8,11H2,(H,24,26);(H,6,7)/b4-1+,6-2-;. The monoisotopic (exact) mass is 456 g/mol. The van der Waals surface area contributed by atoms with Gasteiger partial charge >= 0.3 is 12.1 Å². The molecule has 0 fully saturated rings. The number of rotatable bonds is 4. The van der Waals surface area contributed by atoms with E-state index in [4.69, 9.17) is 9.90 Å². The summed E-state index contributed by atoms with van der Waals surface area (Å²) in [4.78, 5) is 32.6. The van der Waals surface area contributed by atoms with E-state index in [-0.39, 0.29) is 5.91 Å². The SMILES string of the molecule is O=C(O)C(F)(F)F.O=C1NCCc2[nH]c(-c3ccnc(/C=C\C=C\c4cccnc4)c3)cc21. The Morgan fingerprint density at radius 1 is 1.12 bits per heavy atom. The third kappa shape index (κ3) is 6.63. The van der Waals surface area contributed by atoms with Crippen molar-refractivity contribution in [2.75, 3.05) is 6.54 Å². The number of aromatic amines is 1. The molecule has 4 rings (SSSR count). The third-order valence-electron chi connectivity index (χ3n) is 4.49. The summed E-state index contributed by atoms with van der Waals surface area (Å²) in [5.41, 5.74) is 5.59. The summed E-state index contributed by atoms with van der Waals surface area (Å²) < 4.78 is 31.7. The third-order valence-corrected chi connectivity index (χ3v) is 4.49. The lowest BCUT2D eigenvalue weighted by Crippen LogP contribution is -2.31. The number of pyridine rings is 2. The molecule has 3 N–H and O–H groups in total. The molecule has 1 amide bonds. The van der Waals surface area contributed by atoms with Gasteiger partial charge in [-0.2, -0.15) is 13.2 Å². The van der Waals surface area contributed by atoms with Crippen LogP contribution in [-0.2, 0) is 11.2 Å². The van der Waals surface area contributed by atoms with Gasteiger partial charge in [-0.25, -0.2) is 4.79 Å². The number of nitrogens with one attached hydrogen (secondary N) is 2. The highest BCUT2D eigenvalue weighted by molar-refractivity contribution is 5.97. The first kappa shape index (κ1) is 23.5. The van der Waals surface area contributed by atoms with Crippen LogP contribution in [-0.4, -0.2) is 44.7 Å². The van der Waals surface area contributed by atoms with Crippen LogP contribution in [0.25, 0.3) is 23.4 Å². The summed E-state index contributed by atoms with van der Waals surface area (Å²) in [6, 6.07) is 9.76. The average molecular weight is 456 g/mol. The summed E-state index contributed by atoms with van der Waals surface area (Å²) in [6.07, 6.45) is 8.95. The zero-order valence-corrected chi connectivity index (χ0v) is 17.1. The number of nitrogens with zero attached hydrogens (tertiary/aromatic N) is 2. The number of H-pyrrole nitrogens is 1. The number of alkyl halides is 3. The number of hydrogen-bond acceptors (Lipinski definition) is 4. The van der Waals surface area contributed by atoms with Crippen LogP contribution in [0.1, 0.15) is 27.3 Å². The maximum atomic E-state index is 11.9. The minimum atomic E-state index is -5.08. The van der Waals surface area contributed by atoms with Crippen molar-refractivity contribution in [1.29, 1.82) is 0 Å². The Labute approximate surface area is 186 Å². The van der Waals surface area contributed by atoms with Crippen LogP contribution < -0.4 is 5.32 Å². The van der Waals surface area contributed by atoms with E-state index in [1.54, 1.807) is 12.4 Å². The molecule has 0 saturated heterocycles. The van der Waals surface area contributed by atoms with Gasteiger partial charge in [0.1, 0.15) is 0 Å². The lowest BCUT2D eigenvalue weighted by molar-refractivity contribution is -0.192. The van der Waals surface area contributed by atoms with Crippen molar-refractivity contribution >= 4 is 24.0 Å². The largest absolute Gasteiger partial charge is 0.490 e. The first-order valence-electron chi connectivity index (χ1n) is 9.75. The summed E-state index contributed by atoms with van der Waals surface area (Å²) in [6.45, 7) is 0.680. The van der Waals surface area contributed by atoms with Crippen LogP contribution in [0.15, 0.2) is 61.1 Å². The van der Waals surface area contributed by atoms with Gasteiger partial charge < -0.3 is 15.4 Å². The van der Waals surface area contributed by atoms with Crippen molar-refractivity contribution in [2.45, 2.75) is 12.6 Å². The van der Waals surface area contributed by atoms with Crippen molar-refractivity contribution in [1.82, 2.24) is 20.3 Å². The zero-order chi connectivity index (χ0) is 23.8. The van der Waals surface area contributed by atoms with Gasteiger partial charge in [-0.05, 0) is 35.9 Å². The number of aromatic nitrogens is 3. The maximum Gasteiger partial charge on any atom is 0.490 e. The van der Waals surface area contributed by atoms with Gasteiger partial charge in [0.2, 0.25) is 0 Å². The fourth-order valence-corrected chi connectivity index (χ4v) is 2.95. The Morgan fingerprint density at radius 2 is 1.88 bits per heavy atom. The van der Waals surface area contributed by atoms with Gasteiger partial charge in [0.25, 0.3) is 5.91 Å². The second-order valence-electron chi connectivity index (χ2n) is 6.86. The summed E-state index contributed by atoms with van der Waals surface area (Å²) in [5.74, 6) is -2.77.